The molecule has 1 atom stereocenters. The van der Waals surface area contributed by atoms with Crippen molar-refractivity contribution in [2.24, 2.45) is 5.92 Å². The molecule has 64 valence electrons. The zero-order chi connectivity index (χ0) is 8.69. The molecular formula is C11H20. The Morgan fingerprint density at radius 1 is 1.55 bits per heavy atom. The topological polar surface area (TPSA) is 0 Å². The van der Waals surface area contributed by atoms with Crippen LogP contribution in [-0.4, -0.2) is 0 Å². The molecule has 0 heteroatoms. The summed E-state index contributed by atoms with van der Waals surface area (Å²) in [6.07, 6.45) is 8.20. The van der Waals surface area contributed by atoms with Crippen molar-refractivity contribution >= 4 is 0 Å². The van der Waals surface area contributed by atoms with E-state index >= 15 is 0 Å². The van der Waals surface area contributed by atoms with Crippen molar-refractivity contribution in [3.8, 4) is 0 Å². The first-order valence-electron chi connectivity index (χ1n) is 4.61. The van der Waals surface area contributed by atoms with E-state index in [1.165, 1.54) is 19.3 Å². The van der Waals surface area contributed by atoms with Crippen molar-refractivity contribution in [3.05, 3.63) is 24.3 Å². The van der Waals surface area contributed by atoms with Crippen LogP contribution in [0.1, 0.15) is 40.0 Å². The fourth-order valence-corrected chi connectivity index (χ4v) is 1.20. The first-order chi connectivity index (χ1) is 5.33. The normalized spacial score (nSPS) is 22.8. The highest BCUT2D eigenvalue weighted by Gasteiger charge is 2.07. The lowest BCUT2D eigenvalue weighted by atomic mass is 9.91. The summed E-state index contributed by atoms with van der Waals surface area (Å²) in [7, 11) is 0. The Labute approximate surface area is 71.0 Å². The van der Waals surface area contributed by atoms with E-state index in [2.05, 4.69) is 25.7 Å². The molecule has 0 fully saturated rings. The van der Waals surface area contributed by atoms with Crippen LogP contribution in [0, 0.1) is 5.92 Å². The van der Waals surface area contributed by atoms with Crippen LogP contribution in [0.3, 0.4) is 0 Å². The quantitative estimate of drug-likeness (QED) is 0.499. The maximum Gasteiger partial charge on any atom is -0.0198 e. The van der Waals surface area contributed by atoms with Crippen molar-refractivity contribution < 1.29 is 0 Å². The van der Waals surface area contributed by atoms with Gasteiger partial charge in [-0.2, -0.15) is 0 Å². The summed E-state index contributed by atoms with van der Waals surface area (Å²) in [6.45, 7) is 9.99. The molecule has 0 aromatic rings. The molecule has 0 heterocycles. The second-order valence-corrected chi connectivity index (χ2v) is 2.82. The third-order valence-electron chi connectivity index (χ3n) is 2.01. The third kappa shape index (κ3) is 4.02. The van der Waals surface area contributed by atoms with Crippen LogP contribution < -0.4 is 0 Å². The lowest BCUT2D eigenvalue weighted by molar-refractivity contribution is 0.568. The molecule has 1 aliphatic carbocycles. The molecule has 1 rings (SSSR count). The summed E-state index contributed by atoms with van der Waals surface area (Å²) < 4.78 is 0. The molecule has 0 aromatic carbocycles. The average Bonchev–Trinajstić information content (AvgIpc) is 2.10. The molecule has 0 saturated carbocycles. The number of rotatable bonds is 1. The highest BCUT2D eigenvalue weighted by atomic mass is 14.1. The van der Waals surface area contributed by atoms with E-state index in [1.54, 1.807) is 5.57 Å². The van der Waals surface area contributed by atoms with Gasteiger partial charge < -0.3 is 0 Å². The lowest BCUT2D eigenvalue weighted by Gasteiger charge is -2.15. The summed E-state index contributed by atoms with van der Waals surface area (Å²) in [4.78, 5) is 0. The average molecular weight is 152 g/mol. The van der Waals surface area contributed by atoms with Gasteiger partial charge in [-0.25, -0.2) is 0 Å². The molecule has 0 bridgehead atoms. The number of hydrogen-bond acceptors (Lipinski definition) is 0. The van der Waals surface area contributed by atoms with E-state index < -0.39 is 0 Å². The minimum absolute atomic E-state index is 0.758. The fourth-order valence-electron chi connectivity index (χ4n) is 1.20. The summed E-state index contributed by atoms with van der Waals surface area (Å²) in [6, 6.07) is 0. The standard InChI is InChI=1S/C9H14.C2H6/c1-3-9-6-4-8(2)5-7-9;1-2/h3-4,9H,1,5-7H2,2H3;1-2H3. The van der Waals surface area contributed by atoms with Crippen LogP contribution in [-0.2, 0) is 0 Å². The fraction of sp³-hybridized carbons (Fsp3) is 0.636. The van der Waals surface area contributed by atoms with Crippen LogP contribution in [0.5, 0.6) is 0 Å². The molecule has 0 N–H and O–H groups in total. The zero-order valence-electron chi connectivity index (χ0n) is 8.06. The molecular weight excluding hydrogens is 132 g/mol. The van der Waals surface area contributed by atoms with Gasteiger partial charge in [-0.1, -0.05) is 31.6 Å². The van der Waals surface area contributed by atoms with Crippen molar-refractivity contribution in [1.29, 1.82) is 0 Å². The minimum atomic E-state index is 0.758. The summed E-state index contributed by atoms with van der Waals surface area (Å²) in [5.41, 5.74) is 1.55. The van der Waals surface area contributed by atoms with Crippen LogP contribution in [0.2, 0.25) is 0 Å². The second-order valence-electron chi connectivity index (χ2n) is 2.82. The Balaban J connectivity index is 0.000000461. The van der Waals surface area contributed by atoms with E-state index in [1.807, 2.05) is 13.8 Å². The molecule has 1 unspecified atom stereocenters. The smallest absolute Gasteiger partial charge is 0.0198 e. The predicted molar refractivity (Wildman–Crippen MR) is 52.6 cm³/mol. The Morgan fingerprint density at radius 3 is 2.55 bits per heavy atom. The van der Waals surface area contributed by atoms with Crippen molar-refractivity contribution in [2.45, 2.75) is 40.0 Å². The zero-order valence-corrected chi connectivity index (χ0v) is 8.06. The van der Waals surface area contributed by atoms with E-state index in [0.717, 1.165) is 5.92 Å². The Bertz CT molecular complexity index is 131. The van der Waals surface area contributed by atoms with Crippen LogP contribution in [0.15, 0.2) is 24.3 Å². The summed E-state index contributed by atoms with van der Waals surface area (Å²) in [5.74, 6) is 0.758. The van der Waals surface area contributed by atoms with E-state index in [9.17, 15) is 0 Å². The first-order valence-corrected chi connectivity index (χ1v) is 4.61. The molecule has 11 heavy (non-hydrogen) atoms. The second kappa shape index (κ2) is 6.21. The molecule has 0 spiro atoms. The molecule has 0 aromatic heterocycles. The van der Waals surface area contributed by atoms with Gasteiger partial charge in [-0.15, -0.1) is 6.58 Å². The van der Waals surface area contributed by atoms with Crippen LogP contribution in [0.4, 0.5) is 0 Å². The van der Waals surface area contributed by atoms with Gasteiger partial charge in [0.2, 0.25) is 0 Å². The van der Waals surface area contributed by atoms with E-state index in [4.69, 9.17) is 0 Å². The van der Waals surface area contributed by atoms with Gasteiger partial charge >= 0.3 is 0 Å². The lowest BCUT2D eigenvalue weighted by Crippen LogP contribution is -2.00. The first kappa shape index (κ1) is 10.5. The highest BCUT2D eigenvalue weighted by Crippen LogP contribution is 2.23. The molecule has 0 radical (unpaired) electrons. The summed E-state index contributed by atoms with van der Waals surface area (Å²) in [5, 5.41) is 0. The Kier molecular flexibility index (Phi) is 5.91. The Morgan fingerprint density at radius 2 is 2.18 bits per heavy atom. The van der Waals surface area contributed by atoms with Gasteiger partial charge in [-0.05, 0) is 32.1 Å². The van der Waals surface area contributed by atoms with E-state index in [-0.39, 0.29) is 0 Å². The van der Waals surface area contributed by atoms with Crippen molar-refractivity contribution in [3.63, 3.8) is 0 Å². The van der Waals surface area contributed by atoms with Gasteiger partial charge in [-0.3, -0.25) is 0 Å². The van der Waals surface area contributed by atoms with Gasteiger partial charge in [0.25, 0.3) is 0 Å². The van der Waals surface area contributed by atoms with Crippen LogP contribution >= 0.6 is 0 Å². The number of hydrogen-bond donors (Lipinski definition) is 0. The van der Waals surface area contributed by atoms with Crippen molar-refractivity contribution in [2.75, 3.05) is 0 Å². The SMILES string of the molecule is C=CC1CC=C(C)CC1.CC. The van der Waals surface area contributed by atoms with Crippen LogP contribution in [0.25, 0.3) is 0 Å². The molecule has 0 nitrogen and oxygen atoms in total. The third-order valence-corrected chi connectivity index (χ3v) is 2.01. The predicted octanol–water partition coefficient (Wildman–Crippen LogP) is 3.95. The largest absolute Gasteiger partial charge is 0.103 e. The Hall–Kier alpha value is -0.520. The highest BCUT2D eigenvalue weighted by molar-refractivity contribution is 5.05. The number of allylic oxidation sites excluding steroid dienone is 3. The molecule has 1 aliphatic rings. The molecule has 0 aliphatic heterocycles. The molecule has 0 amide bonds. The van der Waals surface area contributed by atoms with Crippen molar-refractivity contribution in [1.82, 2.24) is 0 Å². The maximum absolute atomic E-state index is 3.78. The van der Waals surface area contributed by atoms with Gasteiger partial charge in [0.05, 0.1) is 0 Å². The van der Waals surface area contributed by atoms with Gasteiger partial charge in [0.1, 0.15) is 0 Å². The minimum Gasteiger partial charge on any atom is -0.103 e. The van der Waals surface area contributed by atoms with Gasteiger partial charge in [0, 0.05) is 0 Å². The van der Waals surface area contributed by atoms with E-state index in [0.29, 0.717) is 0 Å². The molecule has 0 saturated heterocycles. The summed E-state index contributed by atoms with van der Waals surface area (Å²) >= 11 is 0. The monoisotopic (exact) mass is 152 g/mol. The van der Waals surface area contributed by atoms with Gasteiger partial charge in [0.15, 0.2) is 0 Å². The maximum atomic E-state index is 3.78.